The summed E-state index contributed by atoms with van der Waals surface area (Å²) >= 11 is 0. The summed E-state index contributed by atoms with van der Waals surface area (Å²) in [6.07, 6.45) is 3.03. The number of nitrogens with zero attached hydrogens (tertiary/aromatic N) is 1. The van der Waals surface area contributed by atoms with E-state index in [0.29, 0.717) is 13.2 Å². The maximum Gasteiger partial charge on any atom is 0.249 e. The molecule has 4 heteroatoms. The Hall–Kier alpha value is -1.42. The summed E-state index contributed by atoms with van der Waals surface area (Å²) in [5, 5.41) is 2.78. The minimum absolute atomic E-state index is 0.0966. The first kappa shape index (κ1) is 11.7. The highest BCUT2D eigenvalue weighted by Gasteiger charge is 2.11. The highest BCUT2D eigenvalue weighted by atomic mass is 16.5. The van der Waals surface area contributed by atoms with Crippen LogP contribution in [0.4, 0.5) is 0 Å². The molecule has 82 valence electrons. The van der Waals surface area contributed by atoms with Crippen LogP contribution in [0.15, 0.2) is 24.5 Å². The van der Waals surface area contributed by atoms with Crippen LogP contribution in [0, 0.1) is 0 Å². The smallest absolute Gasteiger partial charge is 0.249 e. The standard InChI is InChI=1S/C11H16N2O2/c1-3-15-9(2)11(14)13-8-10-5-4-6-12-7-10/h4-7,9H,3,8H2,1-2H3,(H,13,14)/t9-/m0/s1. The lowest BCUT2D eigenvalue weighted by molar-refractivity contribution is -0.131. The van der Waals surface area contributed by atoms with E-state index in [9.17, 15) is 4.79 Å². The highest BCUT2D eigenvalue weighted by molar-refractivity contribution is 5.80. The molecule has 1 rings (SSSR count). The molecule has 0 unspecified atom stereocenters. The van der Waals surface area contributed by atoms with Crippen LogP contribution in [0.3, 0.4) is 0 Å². The molecule has 0 spiro atoms. The zero-order chi connectivity index (χ0) is 11.1. The molecule has 1 amide bonds. The summed E-state index contributed by atoms with van der Waals surface area (Å²) in [6, 6.07) is 3.76. The summed E-state index contributed by atoms with van der Waals surface area (Å²) in [6.45, 7) is 4.64. The van der Waals surface area contributed by atoms with Gasteiger partial charge in [0, 0.05) is 25.5 Å². The first-order valence-electron chi connectivity index (χ1n) is 5.02. The van der Waals surface area contributed by atoms with E-state index in [1.165, 1.54) is 0 Å². The molecule has 1 aromatic heterocycles. The summed E-state index contributed by atoms with van der Waals surface area (Å²) < 4.78 is 5.16. The predicted molar refractivity (Wildman–Crippen MR) is 57.2 cm³/mol. The molecule has 1 N–H and O–H groups in total. The van der Waals surface area contributed by atoms with E-state index in [1.807, 2.05) is 19.1 Å². The van der Waals surface area contributed by atoms with Gasteiger partial charge in [0.05, 0.1) is 0 Å². The minimum atomic E-state index is -0.397. The van der Waals surface area contributed by atoms with Crippen molar-refractivity contribution in [2.45, 2.75) is 26.5 Å². The molecule has 1 aromatic rings. The Balaban J connectivity index is 2.34. The van der Waals surface area contributed by atoms with Crippen molar-refractivity contribution < 1.29 is 9.53 Å². The third-order valence-corrected chi connectivity index (χ3v) is 1.98. The second-order valence-electron chi connectivity index (χ2n) is 3.18. The van der Waals surface area contributed by atoms with Crippen molar-refractivity contribution in [1.82, 2.24) is 10.3 Å². The average Bonchev–Trinajstić information content (AvgIpc) is 2.27. The molecule has 0 aliphatic carbocycles. The molecule has 0 saturated carbocycles. The number of nitrogens with one attached hydrogen (secondary N) is 1. The molecule has 0 aromatic carbocycles. The largest absolute Gasteiger partial charge is 0.369 e. The number of hydrogen-bond acceptors (Lipinski definition) is 3. The number of aromatic nitrogens is 1. The molecule has 4 nitrogen and oxygen atoms in total. The Morgan fingerprint density at radius 1 is 1.67 bits per heavy atom. The molecule has 0 aliphatic rings. The summed E-state index contributed by atoms with van der Waals surface area (Å²) in [5.74, 6) is -0.0966. The van der Waals surface area contributed by atoms with Gasteiger partial charge in [0.1, 0.15) is 6.10 Å². The van der Waals surface area contributed by atoms with E-state index in [4.69, 9.17) is 4.74 Å². The van der Waals surface area contributed by atoms with E-state index < -0.39 is 6.10 Å². The zero-order valence-electron chi connectivity index (χ0n) is 9.06. The third kappa shape index (κ3) is 4.08. The van der Waals surface area contributed by atoms with Crippen LogP contribution in [0.1, 0.15) is 19.4 Å². The van der Waals surface area contributed by atoms with Crippen molar-refractivity contribution in [2.75, 3.05) is 6.61 Å². The summed E-state index contributed by atoms with van der Waals surface area (Å²) in [5.41, 5.74) is 0.981. The Bertz CT molecular complexity index is 301. The van der Waals surface area contributed by atoms with Crippen LogP contribution >= 0.6 is 0 Å². The first-order valence-corrected chi connectivity index (χ1v) is 5.02. The van der Waals surface area contributed by atoms with Gasteiger partial charge in [-0.2, -0.15) is 0 Å². The molecule has 0 radical (unpaired) electrons. The van der Waals surface area contributed by atoms with Crippen molar-refractivity contribution in [3.05, 3.63) is 30.1 Å². The number of pyridine rings is 1. The van der Waals surface area contributed by atoms with Crippen LogP contribution in [-0.4, -0.2) is 23.6 Å². The maximum absolute atomic E-state index is 11.4. The molecular formula is C11H16N2O2. The number of carbonyl (C=O) groups excluding carboxylic acids is 1. The summed E-state index contributed by atoms with van der Waals surface area (Å²) in [7, 11) is 0. The lowest BCUT2D eigenvalue weighted by Gasteiger charge is -2.11. The molecule has 1 heterocycles. The van der Waals surface area contributed by atoms with Gasteiger partial charge in [-0.25, -0.2) is 0 Å². The van der Waals surface area contributed by atoms with E-state index in [1.54, 1.807) is 19.3 Å². The second-order valence-corrected chi connectivity index (χ2v) is 3.18. The fourth-order valence-corrected chi connectivity index (χ4v) is 1.16. The van der Waals surface area contributed by atoms with Crippen molar-refractivity contribution in [3.63, 3.8) is 0 Å². The van der Waals surface area contributed by atoms with Gasteiger partial charge in [0.25, 0.3) is 0 Å². The van der Waals surface area contributed by atoms with Crippen LogP contribution in [-0.2, 0) is 16.1 Å². The van der Waals surface area contributed by atoms with E-state index >= 15 is 0 Å². The van der Waals surface area contributed by atoms with Crippen molar-refractivity contribution in [2.24, 2.45) is 0 Å². The van der Waals surface area contributed by atoms with Gasteiger partial charge < -0.3 is 10.1 Å². The Morgan fingerprint density at radius 2 is 2.47 bits per heavy atom. The minimum Gasteiger partial charge on any atom is -0.369 e. The van der Waals surface area contributed by atoms with Crippen molar-refractivity contribution in [1.29, 1.82) is 0 Å². The Morgan fingerprint density at radius 3 is 3.07 bits per heavy atom. The van der Waals surface area contributed by atoms with Crippen LogP contribution in [0.25, 0.3) is 0 Å². The van der Waals surface area contributed by atoms with Gasteiger partial charge in [-0.3, -0.25) is 9.78 Å². The third-order valence-electron chi connectivity index (χ3n) is 1.98. The number of ether oxygens (including phenoxy) is 1. The van der Waals surface area contributed by atoms with E-state index in [2.05, 4.69) is 10.3 Å². The lowest BCUT2D eigenvalue weighted by Crippen LogP contribution is -2.34. The van der Waals surface area contributed by atoms with Gasteiger partial charge in [0.15, 0.2) is 0 Å². The fourth-order valence-electron chi connectivity index (χ4n) is 1.16. The second kappa shape index (κ2) is 6.14. The summed E-state index contributed by atoms with van der Waals surface area (Å²) in [4.78, 5) is 15.4. The topological polar surface area (TPSA) is 51.2 Å². The van der Waals surface area contributed by atoms with E-state index in [-0.39, 0.29) is 5.91 Å². The van der Waals surface area contributed by atoms with Crippen LogP contribution < -0.4 is 5.32 Å². The number of hydrogen-bond donors (Lipinski definition) is 1. The van der Waals surface area contributed by atoms with Gasteiger partial charge in [0.2, 0.25) is 5.91 Å². The molecular weight excluding hydrogens is 192 g/mol. The monoisotopic (exact) mass is 208 g/mol. The normalized spacial score (nSPS) is 12.1. The quantitative estimate of drug-likeness (QED) is 0.789. The average molecular weight is 208 g/mol. The van der Waals surface area contributed by atoms with Crippen LogP contribution in [0.5, 0.6) is 0 Å². The van der Waals surface area contributed by atoms with Gasteiger partial charge in [-0.1, -0.05) is 6.07 Å². The number of amides is 1. The Labute approximate surface area is 89.7 Å². The Kier molecular flexibility index (Phi) is 4.77. The molecule has 0 fully saturated rings. The SMILES string of the molecule is CCO[C@@H](C)C(=O)NCc1cccnc1. The molecule has 0 bridgehead atoms. The predicted octanol–water partition coefficient (Wildman–Crippen LogP) is 1.12. The maximum atomic E-state index is 11.4. The number of rotatable bonds is 5. The van der Waals surface area contributed by atoms with Gasteiger partial charge in [-0.05, 0) is 25.5 Å². The number of carbonyl (C=O) groups is 1. The molecule has 0 saturated heterocycles. The van der Waals surface area contributed by atoms with Crippen molar-refractivity contribution in [3.8, 4) is 0 Å². The van der Waals surface area contributed by atoms with Gasteiger partial charge in [-0.15, -0.1) is 0 Å². The van der Waals surface area contributed by atoms with Crippen molar-refractivity contribution >= 4 is 5.91 Å². The van der Waals surface area contributed by atoms with Gasteiger partial charge >= 0.3 is 0 Å². The molecule has 1 atom stereocenters. The highest BCUT2D eigenvalue weighted by Crippen LogP contribution is 1.96. The zero-order valence-corrected chi connectivity index (χ0v) is 9.06. The fraction of sp³-hybridized carbons (Fsp3) is 0.455. The van der Waals surface area contributed by atoms with Crippen LogP contribution in [0.2, 0.25) is 0 Å². The first-order chi connectivity index (χ1) is 7.24. The lowest BCUT2D eigenvalue weighted by atomic mass is 10.3. The van der Waals surface area contributed by atoms with E-state index in [0.717, 1.165) is 5.56 Å². The molecule has 15 heavy (non-hydrogen) atoms. The molecule has 0 aliphatic heterocycles.